The molecule has 25 heavy (non-hydrogen) atoms. The van der Waals surface area contributed by atoms with Gasteiger partial charge in [0, 0.05) is 23.7 Å². The van der Waals surface area contributed by atoms with Crippen LogP contribution in [0.5, 0.6) is 0 Å². The molecule has 4 nitrogen and oxygen atoms in total. The van der Waals surface area contributed by atoms with Gasteiger partial charge in [0.25, 0.3) is 0 Å². The second kappa shape index (κ2) is 8.95. The summed E-state index contributed by atoms with van der Waals surface area (Å²) in [6.07, 6.45) is 2.22. The number of carbonyl (C=O) groups excluding carboxylic acids is 2. The van der Waals surface area contributed by atoms with E-state index in [0.717, 1.165) is 17.9 Å². The first-order valence-electron chi connectivity index (χ1n) is 8.66. The summed E-state index contributed by atoms with van der Waals surface area (Å²) in [5.41, 5.74) is 1.14. The van der Waals surface area contributed by atoms with Crippen LogP contribution in [-0.2, 0) is 16.0 Å². The third-order valence-corrected chi connectivity index (χ3v) is 5.31. The van der Waals surface area contributed by atoms with Gasteiger partial charge in [-0.05, 0) is 36.0 Å². The van der Waals surface area contributed by atoms with E-state index in [0.29, 0.717) is 24.6 Å². The Morgan fingerprint density at radius 2 is 1.96 bits per heavy atom. The first-order valence-corrected chi connectivity index (χ1v) is 10.2. The molecule has 0 radical (unpaired) electrons. The van der Waals surface area contributed by atoms with E-state index in [1.54, 1.807) is 16.7 Å². The molecule has 2 amide bonds. The Labute approximate surface area is 159 Å². The molecule has 1 aromatic carbocycles. The maximum absolute atomic E-state index is 12.4. The predicted molar refractivity (Wildman–Crippen MR) is 105 cm³/mol. The van der Waals surface area contributed by atoms with Gasteiger partial charge < -0.3 is 10.2 Å². The molecule has 138 valence electrons. The predicted octanol–water partition coefficient (Wildman–Crippen LogP) is 3.73. The Kier molecular flexibility index (Phi) is 7.20. The zero-order chi connectivity index (χ0) is 18.4. The minimum atomic E-state index is -0.338. The number of nitrogens with zero attached hydrogens (tertiary/aromatic N) is 1. The molecule has 0 aliphatic carbocycles. The lowest BCUT2D eigenvalue weighted by Gasteiger charge is -2.26. The standard InChI is InChI=1S/C19H27ClN2O2S/c1-19(2,3)11-17(23)22-13-25-12-16(22)18(24)21-10-4-5-14-6-8-15(20)9-7-14/h6-9,16H,4-5,10-13H2,1-3H3,(H,21,24). The third kappa shape index (κ3) is 6.55. The summed E-state index contributed by atoms with van der Waals surface area (Å²) < 4.78 is 0. The quantitative estimate of drug-likeness (QED) is 0.762. The van der Waals surface area contributed by atoms with Crippen LogP contribution in [0.2, 0.25) is 5.02 Å². The largest absolute Gasteiger partial charge is 0.354 e. The molecule has 1 heterocycles. The molecule has 1 atom stereocenters. The monoisotopic (exact) mass is 382 g/mol. The number of benzene rings is 1. The van der Waals surface area contributed by atoms with Gasteiger partial charge in [-0.25, -0.2) is 0 Å². The Bertz CT molecular complexity index is 598. The number of thioether (sulfide) groups is 1. The summed E-state index contributed by atoms with van der Waals surface area (Å²) in [5, 5.41) is 3.71. The maximum atomic E-state index is 12.4. The van der Waals surface area contributed by atoms with E-state index in [-0.39, 0.29) is 23.3 Å². The van der Waals surface area contributed by atoms with Crippen molar-refractivity contribution in [1.29, 1.82) is 0 Å². The SMILES string of the molecule is CC(C)(C)CC(=O)N1CSCC1C(=O)NCCCc1ccc(Cl)cc1. The molecule has 0 aromatic heterocycles. The van der Waals surface area contributed by atoms with Crippen molar-refractivity contribution in [1.82, 2.24) is 10.2 Å². The van der Waals surface area contributed by atoms with Gasteiger partial charge in [-0.15, -0.1) is 11.8 Å². The highest BCUT2D eigenvalue weighted by Gasteiger charge is 2.35. The Hall–Kier alpha value is -1.20. The van der Waals surface area contributed by atoms with Gasteiger partial charge in [0.05, 0.1) is 5.88 Å². The summed E-state index contributed by atoms with van der Waals surface area (Å²) in [6, 6.07) is 7.43. The van der Waals surface area contributed by atoms with E-state index < -0.39 is 0 Å². The van der Waals surface area contributed by atoms with Crippen molar-refractivity contribution in [2.24, 2.45) is 5.41 Å². The molecule has 0 saturated carbocycles. The van der Waals surface area contributed by atoms with Crippen molar-refractivity contribution in [2.75, 3.05) is 18.2 Å². The fourth-order valence-electron chi connectivity index (χ4n) is 2.73. The summed E-state index contributed by atoms with van der Waals surface area (Å²) in [4.78, 5) is 26.6. The number of aryl methyl sites for hydroxylation is 1. The molecule has 2 rings (SSSR count). The smallest absolute Gasteiger partial charge is 0.243 e. The molecule has 1 aliphatic rings. The molecule has 1 unspecified atom stereocenters. The highest BCUT2D eigenvalue weighted by molar-refractivity contribution is 7.99. The molecule has 1 saturated heterocycles. The lowest BCUT2D eigenvalue weighted by atomic mass is 9.91. The van der Waals surface area contributed by atoms with Crippen LogP contribution in [0.4, 0.5) is 0 Å². The van der Waals surface area contributed by atoms with E-state index in [4.69, 9.17) is 11.6 Å². The average molecular weight is 383 g/mol. The molecule has 0 bridgehead atoms. The molecular formula is C19H27ClN2O2S. The second-order valence-electron chi connectivity index (χ2n) is 7.64. The zero-order valence-electron chi connectivity index (χ0n) is 15.2. The van der Waals surface area contributed by atoms with E-state index in [1.165, 1.54) is 5.56 Å². The number of amides is 2. The minimum Gasteiger partial charge on any atom is -0.354 e. The summed E-state index contributed by atoms with van der Waals surface area (Å²) >= 11 is 7.52. The fourth-order valence-corrected chi connectivity index (χ4v) is 4.04. The second-order valence-corrected chi connectivity index (χ2v) is 9.07. The van der Waals surface area contributed by atoms with Crippen molar-refractivity contribution in [2.45, 2.75) is 46.1 Å². The van der Waals surface area contributed by atoms with E-state index in [1.807, 2.05) is 45.0 Å². The van der Waals surface area contributed by atoms with Crippen LogP contribution >= 0.6 is 23.4 Å². The summed E-state index contributed by atoms with van der Waals surface area (Å²) in [6.45, 7) is 6.74. The number of nitrogens with one attached hydrogen (secondary N) is 1. The Balaban J connectivity index is 1.77. The molecule has 1 aliphatic heterocycles. The summed E-state index contributed by atoms with van der Waals surface area (Å²) in [7, 11) is 0. The topological polar surface area (TPSA) is 49.4 Å². The molecule has 1 aromatic rings. The van der Waals surface area contributed by atoms with Gasteiger partial charge in [0.1, 0.15) is 6.04 Å². The zero-order valence-corrected chi connectivity index (χ0v) is 16.8. The maximum Gasteiger partial charge on any atom is 0.243 e. The summed E-state index contributed by atoms with van der Waals surface area (Å²) in [5.74, 6) is 1.32. The number of carbonyl (C=O) groups is 2. The van der Waals surface area contributed by atoms with E-state index in [2.05, 4.69) is 5.32 Å². The van der Waals surface area contributed by atoms with Gasteiger partial charge in [-0.3, -0.25) is 9.59 Å². The van der Waals surface area contributed by atoms with Gasteiger partial charge in [0.15, 0.2) is 0 Å². The lowest BCUT2D eigenvalue weighted by Crippen LogP contribution is -2.48. The van der Waals surface area contributed by atoms with Crippen LogP contribution in [0.1, 0.15) is 39.2 Å². The van der Waals surface area contributed by atoms with Gasteiger partial charge in [-0.1, -0.05) is 44.5 Å². The van der Waals surface area contributed by atoms with Crippen LogP contribution in [0.25, 0.3) is 0 Å². The van der Waals surface area contributed by atoms with E-state index in [9.17, 15) is 9.59 Å². The van der Waals surface area contributed by atoms with Crippen molar-refractivity contribution in [3.05, 3.63) is 34.9 Å². The molecule has 1 N–H and O–H groups in total. The molecule has 1 fully saturated rings. The van der Waals surface area contributed by atoms with Crippen molar-refractivity contribution in [3.8, 4) is 0 Å². The van der Waals surface area contributed by atoms with Gasteiger partial charge in [0.2, 0.25) is 11.8 Å². The lowest BCUT2D eigenvalue weighted by molar-refractivity contribution is -0.139. The van der Waals surface area contributed by atoms with Gasteiger partial charge in [-0.2, -0.15) is 0 Å². The van der Waals surface area contributed by atoms with Crippen molar-refractivity contribution >= 4 is 35.2 Å². The molecular weight excluding hydrogens is 356 g/mol. The molecule has 6 heteroatoms. The minimum absolute atomic E-state index is 0.0386. The van der Waals surface area contributed by atoms with Crippen LogP contribution in [0.15, 0.2) is 24.3 Å². The Morgan fingerprint density at radius 3 is 2.60 bits per heavy atom. The first kappa shape index (κ1) is 20.1. The van der Waals surface area contributed by atoms with Crippen LogP contribution in [0, 0.1) is 5.41 Å². The normalized spacial score (nSPS) is 17.6. The number of rotatable bonds is 6. The first-order chi connectivity index (χ1) is 11.8. The van der Waals surface area contributed by atoms with Crippen molar-refractivity contribution in [3.63, 3.8) is 0 Å². The fraction of sp³-hybridized carbons (Fsp3) is 0.579. The highest BCUT2D eigenvalue weighted by Crippen LogP contribution is 2.26. The van der Waals surface area contributed by atoms with Crippen LogP contribution in [0.3, 0.4) is 0 Å². The average Bonchev–Trinajstić information content (AvgIpc) is 3.01. The van der Waals surface area contributed by atoms with Crippen LogP contribution in [-0.4, -0.2) is 40.9 Å². The molecule has 0 spiro atoms. The third-order valence-electron chi connectivity index (χ3n) is 4.04. The number of hydrogen-bond acceptors (Lipinski definition) is 3. The van der Waals surface area contributed by atoms with Crippen molar-refractivity contribution < 1.29 is 9.59 Å². The highest BCUT2D eigenvalue weighted by atomic mass is 35.5. The van der Waals surface area contributed by atoms with E-state index >= 15 is 0 Å². The number of halogens is 1. The Morgan fingerprint density at radius 1 is 1.28 bits per heavy atom. The number of hydrogen-bond donors (Lipinski definition) is 1. The van der Waals surface area contributed by atoms with Crippen LogP contribution < -0.4 is 5.32 Å². The van der Waals surface area contributed by atoms with Gasteiger partial charge >= 0.3 is 0 Å².